The molecule has 1 aliphatic carbocycles. The Kier molecular flexibility index (Phi) is 6.88. The molecule has 4 rings (SSSR count). The molecule has 0 atom stereocenters. The second kappa shape index (κ2) is 9.89. The second-order valence-electron chi connectivity index (χ2n) is 8.04. The fourth-order valence-corrected chi connectivity index (χ4v) is 3.95. The number of nitrogens with one attached hydrogen (secondary N) is 3. The normalized spacial score (nSPS) is 16.7. The predicted molar refractivity (Wildman–Crippen MR) is 134 cm³/mol. The summed E-state index contributed by atoms with van der Waals surface area (Å²) in [6, 6.07) is 9.80. The van der Waals surface area contributed by atoms with Crippen LogP contribution in [0.1, 0.15) is 12.5 Å². The number of rotatable bonds is 5. The van der Waals surface area contributed by atoms with Crippen molar-refractivity contribution in [1.82, 2.24) is 15.2 Å². The zero-order valence-corrected chi connectivity index (χ0v) is 20.1. The van der Waals surface area contributed by atoms with Gasteiger partial charge >= 0.3 is 6.18 Å². The minimum atomic E-state index is -4.42. The van der Waals surface area contributed by atoms with Crippen molar-refractivity contribution in [3.05, 3.63) is 98.4 Å². The van der Waals surface area contributed by atoms with Crippen molar-refractivity contribution in [3.8, 4) is 0 Å². The number of anilines is 1. The number of fused-ring (bicyclic) bond motifs is 1. The molecule has 0 unspecified atom stereocenters. The molecular formula is C26H21ClF3N5O. The lowest BCUT2D eigenvalue weighted by molar-refractivity contribution is -0.115. The van der Waals surface area contributed by atoms with E-state index in [2.05, 4.69) is 15.6 Å². The van der Waals surface area contributed by atoms with Gasteiger partial charge in [-0.1, -0.05) is 23.7 Å². The number of pyridine rings is 1. The SMILES string of the molecule is CN/C(C)=C1/C=C(N2C=c3ccc(NCC(F)(F)F)nc3=C(c3ccc(Cl)cc3)C2=C=O)C=CC1=N. The van der Waals surface area contributed by atoms with Crippen molar-refractivity contribution in [1.29, 1.82) is 5.41 Å². The average molecular weight is 512 g/mol. The Morgan fingerprint density at radius 3 is 2.53 bits per heavy atom. The number of hydrogen-bond donors (Lipinski definition) is 3. The Hall–Kier alpha value is -4.07. The van der Waals surface area contributed by atoms with Crippen molar-refractivity contribution in [3.63, 3.8) is 0 Å². The summed E-state index contributed by atoms with van der Waals surface area (Å²) in [5.74, 6) is 2.01. The van der Waals surface area contributed by atoms with Crippen LogP contribution in [0.3, 0.4) is 0 Å². The van der Waals surface area contributed by atoms with Gasteiger partial charge in [-0.3, -0.25) is 0 Å². The third kappa shape index (κ3) is 5.12. The highest BCUT2D eigenvalue weighted by atomic mass is 35.5. The largest absolute Gasteiger partial charge is 0.405 e. The van der Waals surface area contributed by atoms with Gasteiger partial charge in [0.05, 0.1) is 11.1 Å². The monoisotopic (exact) mass is 511 g/mol. The van der Waals surface area contributed by atoms with E-state index in [0.717, 1.165) is 5.70 Å². The molecule has 36 heavy (non-hydrogen) atoms. The van der Waals surface area contributed by atoms with Crippen molar-refractivity contribution in [2.24, 2.45) is 0 Å². The molecule has 0 saturated heterocycles. The molecule has 0 fully saturated rings. The maximum Gasteiger partial charge on any atom is 0.405 e. The molecule has 1 aliphatic heterocycles. The van der Waals surface area contributed by atoms with Gasteiger partial charge in [0, 0.05) is 46.0 Å². The minimum absolute atomic E-state index is 0.0183. The quantitative estimate of drug-likeness (QED) is 0.534. The molecule has 184 valence electrons. The van der Waals surface area contributed by atoms with Crippen molar-refractivity contribution in [2.75, 3.05) is 18.9 Å². The fourth-order valence-electron chi connectivity index (χ4n) is 3.82. The Labute approximate surface area is 210 Å². The van der Waals surface area contributed by atoms with E-state index in [0.29, 0.717) is 43.7 Å². The van der Waals surface area contributed by atoms with E-state index in [1.165, 1.54) is 6.07 Å². The van der Waals surface area contributed by atoms with Gasteiger partial charge in [0.25, 0.3) is 0 Å². The Morgan fingerprint density at radius 1 is 1.17 bits per heavy atom. The van der Waals surface area contributed by atoms with Gasteiger partial charge in [0.2, 0.25) is 0 Å². The van der Waals surface area contributed by atoms with Gasteiger partial charge < -0.3 is 20.9 Å². The van der Waals surface area contributed by atoms with Crippen LogP contribution >= 0.6 is 11.6 Å². The minimum Gasteiger partial charge on any atom is -0.391 e. The van der Waals surface area contributed by atoms with Gasteiger partial charge in [-0.25, -0.2) is 9.78 Å². The van der Waals surface area contributed by atoms with Crippen LogP contribution in [0.15, 0.2) is 77.3 Å². The highest BCUT2D eigenvalue weighted by Crippen LogP contribution is 2.30. The highest BCUT2D eigenvalue weighted by Gasteiger charge is 2.28. The third-order valence-electron chi connectivity index (χ3n) is 5.67. The van der Waals surface area contributed by atoms with E-state index in [1.807, 2.05) is 12.9 Å². The fraction of sp³-hybridized carbons (Fsp3) is 0.154. The van der Waals surface area contributed by atoms with Gasteiger partial charge in [0.1, 0.15) is 18.1 Å². The summed E-state index contributed by atoms with van der Waals surface area (Å²) in [4.78, 5) is 18.4. The van der Waals surface area contributed by atoms with E-state index < -0.39 is 12.7 Å². The first-order valence-corrected chi connectivity index (χ1v) is 11.2. The van der Waals surface area contributed by atoms with Crippen LogP contribution in [0.4, 0.5) is 19.0 Å². The molecule has 0 bridgehead atoms. The molecule has 0 spiro atoms. The third-order valence-corrected chi connectivity index (χ3v) is 5.92. The van der Waals surface area contributed by atoms with Gasteiger partial charge in [-0.2, -0.15) is 13.2 Å². The topological polar surface area (TPSA) is 81.1 Å². The van der Waals surface area contributed by atoms with Crippen LogP contribution in [0, 0.1) is 5.41 Å². The number of allylic oxidation sites excluding steroid dienone is 6. The van der Waals surface area contributed by atoms with Gasteiger partial charge in [0.15, 0.2) is 5.94 Å². The Morgan fingerprint density at radius 2 is 1.89 bits per heavy atom. The van der Waals surface area contributed by atoms with Crippen molar-refractivity contribution >= 4 is 40.8 Å². The van der Waals surface area contributed by atoms with Crippen LogP contribution in [0.25, 0.3) is 11.8 Å². The van der Waals surface area contributed by atoms with Crippen LogP contribution in [-0.4, -0.2) is 41.3 Å². The van der Waals surface area contributed by atoms with Crippen molar-refractivity contribution in [2.45, 2.75) is 13.1 Å². The summed E-state index contributed by atoms with van der Waals surface area (Å²) in [6.07, 6.45) is 2.37. The summed E-state index contributed by atoms with van der Waals surface area (Å²) in [5, 5.41) is 15.0. The number of hydrogen-bond acceptors (Lipinski definition) is 6. The first-order valence-electron chi connectivity index (χ1n) is 10.8. The molecule has 1 aromatic heterocycles. The summed E-state index contributed by atoms with van der Waals surface area (Å²) in [6.45, 7) is 0.596. The average Bonchev–Trinajstić information content (AvgIpc) is 2.86. The smallest absolute Gasteiger partial charge is 0.391 e. The molecule has 1 aromatic carbocycles. The van der Waals surface area contributed by atoms with E-state index >= 15 is 0 Å². The van der Waals surface area contributed by atoms with E-state index in [9.17, 15) is 18.0 Å². The molecule has 2 heterocycles. The van der Waals surface area contributed by atoms with Crippen LogP contribution < -0.4 is 21.2 Å². The molecule has 2 aromatic rings. The molecule has 2 aliphatic rings. The Balaban J connectivity index is 1.94. The molecule has 10 heteroatoms. The zero-order chi connectivity index (χ0) is 26.0. The van der Waals surface area contributed by atoms with E-state index in [-0.39, 0.29) is 11.5 Å². The first kappa shape index (κ1) is 25.0. The molecule has 3 N–H and O–H groups in total. The standard InChI is InChI=1S/C26H21ClF3N5O/c1-15(32-2)20-11-19(8-9-21(20)31)35-12-17-5-10-23(33-14-26(28,29)30)34-25(17)24(22(35)13-36)16-3-6-18(27)7-4-16/h3-12,31-32H,14H2,1-2H3,(H,33,34)/b20-15-,31-21?. The number of alkyl halides is 3. The maximum atomic E-state index is 12.8. The Bertz CT molecular complexity index is 1500. The van der Waals surface area contributed by atoms with Gasteiger partial charge in [-0.15, -0.1) is 0 Å². The summed E-state index contributed by atoms with van der Waals surface area (Å²) in [7, 11) is 1.75. The first-order chi connectivity index (χ1) is 17.1. The molecule has 0 radical (unpaired) electrons. The number of halogens is 4. The van der Waals surface area contributed by atoms with Crippen molar-refractivity contribution < 1.29 is 18.0 Å². The lowest BCUT2D eigenvalue weighted by Gasteiger charge is -2.29. The molecule has 6 nitrogen and oxygen atoms in total. The highest BCUT2D eigenvalue weighted by molar-refractivity contribution is 6.30. The zero-order valence-electron chi connectivity index (χ0n) is 19.3. The van der Waals surface area contributed by atoms with Crippen LogP contribution in [-0.2, 0) is 4.79 Å². The molecule has 0 saturated carbocycles. The number of aromatic nitrogens is 1. The summed E-state index contributed by atoms with van der Waals surface area (Å²) >= 11 is 6.06. The van der Waals surface area contributed by atoms with E-state index in [4.69, 9.17) is 17.0 Å². The molecular weight excluding hydrogens is 491 g/mol. The predicted octanol–water partition coefficient (Wildman–Crippen LogP) is 3.64. The lowest BCUT2D eigenvalue weighted by Crippen LogP contribution is -2.40. The van der Waals surface area contributed by atoms with Crippen LogP contribution in [0.2, 0.25) is 5.02 Å². The summed E-state index contributed by atoms with van der Waals surface area (Å²) < 4.78 is 38.3. The van der Waals surface area contributed by atoms with Gasteiger partial charge in [-0.05, 0) is 55.0 Å². The number of benzene rings is 1. The maximum absolute atomic E-state index is 12.8. The number of nitrogens with zero attached hydrogens (tertiary/aromatic N) is 2. The van der Waals surface area contributed by atoms with Crippen LogP contribution in [0.5, 0.6) is 0 Å². The second-order valence-corrected chi connectivity index (χ2v) is 8.48. The van der Waals surface area contributed by atoms with E-state index in [1.54, 1.807) is 66.7 Å². The lowest BCUT2D eigenvalue weighted by atomic mass is 9.96. The number of carbonyl (C=O) groups excluding carboxylic acids is 1. The summed E-state index contributed by atoms with van der Waals surface area (Å²) in [5.41, 5.74) is 3.44. The molecule has 0 amide bonds.